The largest absolute Gasteiger partial charge is 0.388 e. The lowest BCUT2D eigenvalue weighted by molar-refractivity contribution is 0.649. The number of aryl methyl sites for hydroxylation is 2. The van der Waals surface area contributed by atoms with Crippen molar-refractivity contribution in [3.05, 3.63) is 17.1 Å². The summed E-state index contributed by atoms with van der Waals surface area (Å²) in [6.45, 7) is 0. The van der Waals surface area contributed by atoms with Crippen LogP contribution in [0.25, 0.3) is 0 Å². The average molecular weight is 208 g/mol. The Morgan fingerprint density at radius 3 is 2.29 bits per heavy atom. The summed E-state index contributed by atoms with van der Waals surface area (Å²) in [7, 11) is 0. The molecule has 0 aromatic carbocycles. The predicted molar refractivity (Wildman–Crippen MR) is 59.0 cm³/mol. The first-order valence-corrected chi connectivity index (χ1v) is 5.04. The molecular formula is C9H12N4S. The van der Waals surface area contributed by atoms with Gasteiger partial charge in [0.1, 0.15) is 10.7 Å². The van der Waals surface area contributed by atoms with Gasteiger partial charge in [-0.15, -0.1) is 0 Å². The molecule has 0 fully saturated rings. The number of hydrogen-bond acceptors (Lipinski definition) is 4. The van der Waals surface area contributed by atoms with Crippen molar-refractivity contribution in [2.45, 2.75) is 25.7 Å². The maximum atomic E-state index is 5.70. The van der Waals surface area contributed by atoms with Crippen molar-refractivity contribution in [2.24, 2.45) is 5.73 Å². The van der Waals surface area contributed by atoms with Crippen LogP contribution in [0.1, 0.15) is 29.9 Å². The van der Waals surface area contributed by atoms with E-state index in [4.69, 9.17) is 23.7 Å². The molecule has 5 heteroatoms. The molecule has 1 aliphatic carbocycles. The number of rotatable bonds is 1. The van der Waals surface area contributed by atoms with E-state index in [9.17, 15) is 0 Å². The maximum absolute atomic E-state index is 5.70. The Morgan fingerprint density at radius 2 is 1.71 bits per heavy atom. The van der Waals surface area contributed by atoms with Crippen LogP contribution in [-0.2, 0) is 12.8 Å². The van der Waals surface area contributed by atoms with Crippen LogP contribution in [0, 0.1) is 0 Å². The van der Waals surface area contributed by atoms with E-state index >= 15 is 0 Å². The van der Waals surface area contributed by atoms with Gasteiger partial charge in [-0.2, -0.15) is 0 Å². The number of fused-ring (bicyclic) bond motifs is 1. The van der Waals surface area contributed by atoms with Gasteiger partial charge in [-0.1, -0.05) is 12.2 Å². The zero-order chi connectivity index (χ0) is 10.1. The van der Waals surface area contributed by atoms with Crippen molar-refractivity contribution >= 4 is 23.0 Å². The van der Waals surface area contributed by atoms with E-state index in [1.807, 2.05) is 0 Å². The minimum absolute atomic E-state index is 0.225. The van der Waals surface area contributed by atoms with Crippen molar-refractivity contribution in [2.75, 3.05) is 5.73 Å². The van der Waals surface area contributed by atoms with Crippen LogP contribution < -0.4 is 11.5 Å². The van der Waals surface area contributed by atoms with E-state index in [2.05, 4.69) is 9.97 Å². The molecule has 74 valence electrons. The molecule has 0 saturated heterocycles. The van der Waals surface area contributed by atoms with Gasteiger partial charge in [0, 0.05) is 0 Å². The standard InChI is InChI=1S/C9H12N4S/c10-8-7(9(11)14)12-5-3-1-2-4-6(5)13-8/h1-4H2,(H2,10,13)(H2,11,14). The Kier molecular flexibility index (Phi) is 2.33. The summed E-state index contributed by atoms with van der Waals surface area (Å²) in [5.41, 5.74) is 13.7. The summed E-state index contributed by atoms with van der Waals surface area (Å²) in [5.74, 6) is 0.359. The normalized spacial score (nSPS) is 14.9. The van der Waals surface area contributed by atoms with Crippen molar-refractivity contribution < 1.29 is 0 Å². The van der Waals surface area contributed by atoms with Crippen LogP contribution in [0.15, 0.2) is 0 Å². The first kappa shape index (κ1) is 9.33. The molecule has 1 aromatic heterocycles. The fraction of sp³-hybridized carbons (Fsp3) is 0.444. The van der Waals surface area contributed by atoms with E-state index in [-0.39, 0.29) is 4.99 Å². The lowest BCUT2D eigenvalue weighted by Crippen LogP contribution is -2.19. The molecule has 0 amide bonds. The molecule has 1 aromatic rings. The highest BCUT2D eigenvalue weighted by molar-refractivity contribution is 7.80. The smallest absolute Gasteiger partial charge is 0.152 e. The third kappa shape index (κ3) is 1.55. The summed E-state index contributed by atoms with van der Waals surface area (Å²) in [6, 6.07) is 0. The number of nitrogens with zero attached hydrogens (tertiary/aromatic N) is 2. The van der Waals surface area contributed by atoms with E-state index in [0.717, 1.165) is 37.1 Å². The molecule has 0 radical (unpaired) electrons. The highest BCUT2D eigenvalue weighted by atomic mass is 32.1. The minimum Gasteiger partial charge on any atom is -0.388 e. The molecule has 14 heavy (non-hydrogen) atoms. The van der Waals surface area contributed by atoms with Crippen LogP contribution >= 0.6 is 12.2 Å². The molecule has 0 unspecified atom stereocenters. The van der Waals surface area contributed by atoms with E-state index in [1.165, 1.54) is 0 Å². The highest BCUT2D eigenvalue weighted by Crippen LogP contribution is 2.20. The van der Waals surface area contributed by atoms with E-state index in [1.54, 1.807) is 0 Å². The number of aromatic nitrogens is 2. The third-order valence-corrected chi connectivity index (χ3v) is 2.58. The molecule has 0 saturated carbocycles. The molecule has 1 heterocycles. The molecule has 1 aliphatic rings. The summed E-state index contributed by atoms with van der Waals surface area (Å²) in [6.07, 6.45) is 4.23. The fourth-order valence-electron chi connectivity index (χ4n) is 1.69. The highest BCUT2D eigenvalue weighted by Gasteiger charge is 2.16. The fourth-order valence-corrected chi connectivity index (χ4v) is 1.84. The van der Waals surface area contributed by atoms with Crippen LogP contribution in [0.2, 0.25) is 0 Å². The summed E-state index contributed by atoms with van der Waals surface area (Å²) < 4.78 is 0. The second-order valence-corrected chi connectivity index (χ2v) is 3.86. The quantitative estimate of drug-likeness (QED) is 0.660. The van der Waals surface area contributed by atoms with Gasteiger partial charge in [-0.3, -0.25) is 0 Å². The van der Waals surface area contributed by atoms with E-state index < -0.39 is 0 Å². The van der Waals surface area contributed by atoms with Crippen molar-refractivity contribution in [3.63, 3.8) is 0 Å². The Balaban J connectivity index is 2.50. The molecule has 0 spiro atoms. The monoisotopic (exact) mass is 208 g/mol. The van der Waals surface area contributed by atoms with Gasteiger partial charge in [0.2, 0.25) is 0 Å². The summed E-state index contributed by atoms with van der Waals surface area (Å²) in [4.78, 5) is 8.87. The number of anilines is 1. The SMILES string of the molecule is NC(=S)c1nc2c(nc1N)CCCC2. The Morgan fingerprint density at radius 1 is 1.14 bits per heavy atom. The lowest BCUT2D eigenvalue weighted by atomic mass is 10.0. The Bertz CT molecular complexity index is 389. The maximum Gasteiger partial charge on any atom is 0.152 e. The Labute approximate surface area is 87.7 Å². The van der Waals surface area contributed by atoms with E-state index in [0.29, 0.717) is 11.5 Å². The average Bonchev–Trinajstić information content (AvgIpc) is 2.16. The summed E-state index contributed by atoms with van der Waals surface area (Å²) >= 11 is 4.85. The first-order chi connectivity index (χ1) is 6.68. The molecule has 0 bridgehead atoms. The van der Waals surface area contributed by atoms with Gasteiger partial charge in [-0.25, -0.2) is 9.97 Å². The second kappa shape index (κ2) is 3.49. The Hall–Kier alpha value is -1.23. The zero-order valence-electron chi connectivity index (χ0n) is 7.79. The lowest BCUT2D eigenvalue weighted by Gasteiger charge is -2.15. The first-order valence-electron chi connectivity index (χ1n) is 4.63. The molecular weight excluding hydrogens is 196 g/mol. The second-order valence-electron chi connectivity index (χ2n) is 3.42. The van der Waals surface area contributed by atoms with Crippen LogP contribution in [0.5, 0.6) is 0 Å². The van der Waals surface area contributed by atoms with Crippen molar-refractivity contribution in [1.29, 1.82) is 0 Å². The minimum atomic E-state index is 0.225. The topological polar surface area (TPSA) is 77.8 Å². The van der Waals surface area contributed by atoms with Gasteiger partial charge < -0.3 is 11.5 Å². The van der Waals surface area contributed by atoms with Gasteiger partial charge >= 0.3 is 0 Å². The molecule has 2 rings (SSSR count). The number of hydrogen-bond donors (Lipinski definition) is 2. The molecule has 4 nitrogen and oxygen atoms in total. The van der Waals surface area contributed by atoms with Crippen LogP contribution in [0.3, 0.4) is 0 Å². The predicted octanol–water partition coefficient (Wildman–Crippen LogP) is 0.572. The van der Waals surface area contributed by atoms with Gasteiger partial charge in [0.05, 0.1) is 11.4 Å². The number of thiocarbonyl (C=S) groups is 1. The molecule has 4 N–H and O–H groups in total. The van der Waals surface area contributed by atoms with Crippen LogP contribution in [0.4, 0.5) is 5.82 Å². The zero-order valence-corrected chi connectivity index (χ0v) is 8.60. The third-order valence-electron chi connectivity index (χ3n) is 2.39. The van der Waals surface area contributed by atoms with Crippen molar-refractivity contribution in [3.8, 4) is 0 Å². The van der Waals surface area contributed by atoms with Gasteiger partial charge in [0.25, 0.3) is 0 Å². The molecule has 0 aliphatic heterocycles. The van der Waals surface area contributed by atoms with Crippen LogP contribution in [-0.4, -0.2) is 15.0 Å². The summed E-state index contributed by atoms with van der Waals surface area (Å²) in [5, 5.41) is 0. The van der Waals surface area contributed by atoms with Gasteiger partial charge in [-0.05, 0) is 25.7 Å². The van der Waals surface area contributed by atoms with Crippen molar-refractivity contribution in [1.82, 2.24) is 9.97 Å². The number of nitrogens with two attached hydrogens (primary N) is 2. The molecule has 0 atom stereocenters. The van der Waals surface area contributed by atoms with Gasteiger partial charge in [0.15, 0.2) is 5.82 Å². The number of nitrogen functional groups attached to an aromatic ring is 1.